The molecule has 96 valence electrons. The Bertz CT molecular complexity index is 165. The molecule has 0 atom stereocenters. The summed E-state index contributed by atoms with van der Waals surface area (Å²) in [7, 11) is 0. The molecule has 0 saturated carbocycles. The van der Waals surface area contributed by atoms with Crippen molar-refractivity contribution in [2.45, 2.75) is 13.8 Å². The fraction of sp³-hybridized carbons (Fsp3) is 0.909. The van der Waals surface area contributed by atoms with E-state index in [-0.39, 0.29) is 12.4 Å². The Labute approximate surface area is 97.9 Å². The van der Waals surface area contributed by atoms with Crippen LogP contribution in [0.15, 0.2) is 0 Å². The van der Waals surface area contributed by atoms with Crippen molar-refractivity contribution in [3.8, 4) is 0 Å². The minimum Gasteiger partial charge on any atom is -0.379 e. The standard InChI is InChI=1S/C11H24N2O3/c1-3-12-4-7-15-8-5-13-6-9-16-10-11(2)14/h12-13H,3-10H2,1-2H3. The lowest BCUT2D eigenvalue weighted by Crippen LogP contribution is -2.26. The van der Waals surface area contributed by atoms with E-state index in [1.54, 1.807) is 0 Å². The molecule has 5 nitrogen and oxygen atoms in total. The van der Waals surface area contributed by atoms with Gasteiger partial charge in [-0.25, -0.2) is 0 Å². The number of carbonyl (C=O) groups is 1. The van der Waals surface area contributed by atoms with E-state index in [1.807, 2.05) is 0 Å². The molecule has 0 aromatic rings. The van der Waals surface area contributed by atoms with Gasteiger partial charge in [-0.15, -0.1) is 0 Å². The molecule has 0 unspecified atom stereocenters. The van der Waals surface area contributed by atoms with Crippen LogP contribution in [0.5, 0.6) is 0 Å². The van der Waals surface area contributed by atoms with Gasteiger partial charge in [0.25, 0.3) is 0 Å². The maximum Gasteiger partial charge on any atom is 0.155 e. The molecule has 0 aliphatic heterocycles. The van der Waals surface area contributed by atoms with E-state index in [0.29, 0.717) is 13.2 Å². The first-order valence-electron chi connectivity index (χ1n) is 5.83. The minimum absolute atomic E-state index is 0.0618. The van der Waals surface area contributed by atoms with E-state index in [0.717, 1.165) is 32.8 Å². The minimum atomic E-state index is 0.0618. The van der Waals surface area contributed by atoms with Crippen LogP contribution in [0.4, 0.5) is 0 Å². The van der Waals surface area contributed by atoms with Crippen LogP contribution in [0.2, 0.25) is 0 Å². The van der Waals surface area contributed by atoms with Gasteiger partial charge in [0, 0.05) is 19.6 Å². The highest BCUT2D eigenvalue weighted by Crippen LogP contribution is 1.76. The molecule has 0 aliphatic carbocycles. The first-order valence-corrected chi connectivity index (χ1v) is 5.83. The molecule has 0 rings (SSSR count). The second-order valence-corrected chi connectivity index (χ2v) is 3.47. The van der Waals surface area contributed by atoms with Crippen molar-refractivity contribution in [2.24, 2.45) is 0 Å². The summed E-state index contributed by atoms with van der Waals surface area (Å²) in [5, 5.41) is 6.35. The van der Waals surface area contributed by atoms with Crippen molar-refractivity contribution < 1.29 is 14.3 Å². The molecule has 0 aromatic heterocycles. The highest BCUT2D eigenvalue weighted by molar-refractivity contribution is 5.76. The topological polar surface area (TPSA) is 59.6 Å². The second-order valence-electron chi connectivity index (χ2n) is 3.47. The van der Waals surface area contributed by atoms with Gasteiger partial charge in [0.2, 0.25) is 0 Å². The monoisotopic (exact) mass is 232 g/mol. The van der Waals surface area contributed by atoms with E-state index in [1.165, 1.54) is 6.92 Å². The van der Waals surface area contributed by atoms with Crippen LogP contribution in [0.1, 0.15) is 13.8 Å². The van der Waals surface area contributed by atoms with Crippen LogP contribution in [0.25, 0.3) is 0 Å². The van der Waals surface area contributed by atoms with Crippen LogP contribution < -0.4 is 10.6 Å². The molecule has 0 fully saturated rings. The largest absolute Gasteiger partial charge is 0.379 e. The molecule has 0 aromatic carbocycles. The van der Waals surface area contributed by atoms with Crippen molar-refractivity contribution >= 4 is 5.78 Å². The second kappa shape index (κ2) is 12.6. The Morgan fingerprint density at radius 1 is 1.00 bits per heavy atom. The average molecular weight is 232 g/mol. The SMILES string of the molecule is CCNCCOCCNCCOCC(C)=O. The van der Waals surface area contributed by atoms with Gasteiger partial charge in [-0.05, 0) is 13.5 Å². The predicted molar refractivity (Wildman–Crippen MR) is 63.7 cm³/mol. The van der Waals surface area contributed by atoms with E-state index >= 15 is 0 Å². The molecule has 5 heteroatoms. The molecule has 0 amide bonds. The Morgan fingerprint density at radius 3 is 2.12 bits per heavy atom. The third-order valence-electron chi connectivity index (χ3n) is 1.82. The van der Waals surface area contributed by atoms with Crippen LogP contribution in [0, 0.1) is 0 Å². The first kappa shape index (κ1) is 15.5. The van der Waals surface area contributed by atoms with E-state index < -0.39 is 0 Å². The summed E-state index contributed by atoms with van der Waals surface area (Å²) < 4.78 is 10.5. The lowest BCUT2D eigenvalue weighted by molar-refractivity contribution is -0.121. The molecule has 0 spiro atoms. The van der Waals surface area contributed by atoms with Crippen molar-refractivity contribution in [1.82, 2.24) is 10.6 Å². The number of ketones is 1. The van der Waals surface area contributed by atoms with Crippen molar-refractivity contribution in [2.75, 3.05) is 52.6 Å². The molecule has 0 saturated heterocycles. The maximum absolute atomic E-state index is 10.5. The number of Topliss-reactive ketones (excluding diaryl/α,β-unsaturated/α-hetero) is 1. The van der Waals surface area contributed by atoms with E-state index in [2.05, 4.69) is 17.6 Å². The third-order valence-corrected chi connectivity index (χ3v) is 1.82. The zero-order chi connectivity index (χ0) is 12.1. The zero-order valence-electron chi connectivity index (χ0n) is 10.4. The lowest BCUT2D eigenvalue weighted by atomic mass is 10.5. The van der Waals surface area contributed by atoms with Crippen LogP contribution in [0.3, 0.4) is 0 Å². The van der Waals surface area contributed by atoms with Gasteiger partial charge in [-0.2, -0.15) is 0 Å². The van der Waals surface area contributed by atoms with Crippen molar-refractivity contribution in [3.05, 3.63) is 0 Å². The van der Waals surface area contributed by atoms with Gasteiger partial charge < -0.3 is 20.1 Å². The van der Waals surface area contributed by atoms with Crippen LogP contribution in [-0.2, 0) is 14.3 Å². The van der Waals surface area contributed by atoms with Crippen LogP contribution >= 0.6 is 0 Å². The number of ether oxygens (including phenoxy) is 2. The van der Waals surface area contributed by atoms with Gasteiger partial charge >= 0.3 is 0 Å². The normalized spacial score (nSPS) is 10.6. The fourth-order valence-electron chi connectivity index (χ4n) is 1.05. The van der Waals surface area contributed by atoms with E-state index in [9.17, 15) is 4.79 Å². The summed E-state index contributed by atoms with van der Waals surface area (Å²) in [6, 6.07) is 0. The maximum atomic E-state index is 10.5. The summed E-state index contributed by atoms with van der Waals surface area (Å²) in [5.41, 5.74) is 0. The molecule has 0 aliphatic rings. The Kier molecular flexibility index (Phi) is 12.2. The van der Waals surface area contributed by atoms with Gasteiger partial charge in [-0.1, -0.05) is 6.92 Å². The number of hydrogen-bond acceptors (Lipinski definition) is 5. The van der Waals surface area contributed by atoms with Crippen LogP contribution in [-0.4, -0.2) is 58.4 Å². The molecule has 0 bridgehead atoms. The van der Waals surface area contributed by atoms with Crippen molar-refractivity contribution in [1.29, 1.82) is 0 Å². The van der Waals surface area contributed by atoms with Gasteiger partial charge in [0.05, 0.1) is 19.8 Å². The fourth-order valence-corrected chi connectivity index (χ4v) is 1.05. The average Bonchev–Trinajstić information content (AvgIpc) is 2.25. The molecule has 0 radical (unpaired) electrons. The molecular weight excluding hydrogens is 208 g/mol. The van der Waals surface area contributed by atoms with E-state index in [4.69, 9.17) is 9.47 Å². The number of likely N-dealkylation sites (N-methyl/N-ethyl adjacent to an activating group) is 1. The summed E-state index contributed by atoms with van der Waals surface area (Å²) >= 11 is 0. The van der Waals surface area contributed by atoms with Gasteiger partial charge in [0.15, 0.2) is 5.78 Å². The highest BCUT2D eigenvalue weighted by Gasteiger charge is 1.93. The molecule has 0 heterocycles. The lowest BCUT2D eigenvalue weighted by Gasteiger charge is -2.06. The third kappa shape index (κ3) is 13.5. The van der Waals surface area contributed by atoms with Gasteiger partial charge in [0.1, 0.15) is 6.61 Å². The predicted octanol–water partition coefficient (Wildman–Crippen LogP) is -0.192. The Balaban J connectivity index is 2.90. The summed E-state index contributed by atoms with van der Waals surface area (Å²) in [4.78, 5) is 10.5. The highest BCUT2D eigenvalue weighted by atomic mass is 16.5. The Morgan fingerprint density at radius 2 is 1.56 bits per heavy atom. The Hall–Kier alpha value is -0.490. The quantitative estimate of drug-likeness (QED) is 0.457. The smallest absolute Gasteiger partial charge is 0.155 e. The molecular formula is C11H24N2O3. The number of nitrogens with one attached hydrogen (secondary N) is 2. The first-order chi connectivity index (χ1) is 7.77. The summed E-state index contributed by atoms with van der Waals surface area (Å²) in [6.07, 6.45) is 0. The van der Waals surface area contributed by atoms with Gasteiger partial charge in [-0.3, -0.25) is 4.79 Å². The summed E-state index contributed by atoms with van der Waals surface area (Å²) in [6.45, 7) is 9.27. The summed E-state index contributed by atoms with van der Waals surface area (Å²) in [5.74, 6) is 0.0618. The number of rotatable bonds is 12. The molecule has 2 N–H and O–H groups in total. The number of hydrogen-bond donors (Lipinski definition) is 2. The molecule has 16 heavy (non-hydrogen) atoms. The zero-order valence-corrected chi connectivity index (χ0v) is 10.4. The number of carbonyl (C=O) groups excluding carboxylic acids is 1. The van der Waals surface area contributed by atoms with Crippen molar-refractivity contribution in [3.63, 3.8) is 0 Å².